The molecule has 8 nitrogen and oxygen atoms in total. The fourth-order valence-corrected chi connectivity index (χ4v) is 4.32. The Morgan fingerprint density at radius 2 is 1.04 bits per heavy atom. The number of alkyl halides is 9. The molecule has 19 heteroatoms. The fraction of sp³-hybridized carbons (Fsp3) is 0.167. The second kappa shape index (κ2) is 15.8. The molecule has 0 amide bonds. The minimum Gasteiger partial charge on any atom is -0.495 e. The summed E-state index contributed by atoms with van der Waals surface area (Å²) in [5, 5.41) is 0. The quantitative estimate of drug-likeness (QED) is 0.0881. The van der Waals surface area contributed by atoms with Gasteiger partial charge in [0.05, 0.1) is 18.2 Å². The number of halogens is 9. The molecule has 4 aromatic carbocycles. The van der Waals surface area contributed by atoms with Crippen molar-refractivity contribution in [3.63, 3.8) is 0 Å². The third-order valence-corrected chi connectivity index (χ3v) is 7.46. The fourth-order valence-electron chi connectivity index (χ4n) is 3.63. The molecule has 0 atom stereocenters. The zero-order chi connectivity index (χ0) is 37.4. The Morgan fingerprint density at radius 1 is 0.633 bits per heavy atom. The van der Waals surface area contributed by atoms with Gasteiger partial charge in [0.25, 0.3) is 10.1 Å². The van der Waals surface area contributed by atoms with E-state index in [1.807, 2.05) is 0 Å². The summed E-state index contributed by atoms with van der Waals surface area (Å²) in [7, 11) is -9.02. The molecule has 266 valence electrons. The Bertz CT molecular complexity index is 1870. The Balaban J connectivity index is 0.000000280. The van der Waals surface area contributed by atoms with Gasteiger partial charge in [-0.3, -0.25) is 13.9 Å². The molecule has 0 bridgehead atoms. The summed E-state index contributed by atoms with van der Waals surface area (Å²) in [6.07, 6.45) is -8.52. The number of rotatable bonds is 6. The molecule has 49 heavy (non-hydrogen) atoms. The van der Waals surface area contributed by atoms with E-state index in [9.17, 15) is 52.7 Å². The van der Waals surface area contributed by atoms with Gasteiger partial charge < -0.3 is 4.74 Å². The summed E-state index contributed by atoms with van der Waals surface area (Å²) in [6.45, 7) is 0. The summed E-state index contributed by atoms with van der Waals surface area (Å²) in [5.74, 6) is -0.352. The highest BCUT2D eigenvalue weighted by Crippen LogP contribution is 2.31. The molecule has 4 rings (SSSR count). The van der Waals surface area contributed by atoms with Crippen molar-refractivity contribution in [1.29, 1.82) is 0 Å². The lowest BCUT2D eigenvalue weighted by Crippen LogP contribution is -2.21. The monoisotopic (exact) mass is 746 g/mol. The molecule has 0 aliphatic rings. The minimum absolute atomic E-state index is 0.0166. The molecule has 0 heterocycles. The van der Waals surface area contributed by atoms with Gasteiger partial charge in [0.1, 0.15) is 10.6 Å². The van der Waals surface area contributed by atoms with Crippen molar-refractivity contribution in [2.45, 2.75) is 29.2 Å². The van der Waals surface area contributed by atoms with E-state index in [-0.39, 0.29) is 23.5 Å². The number of carbonyl (C=O) groups is 1. The highest BCUT2D eigenvalue weighted by molar-refractivity contribution is 7.86. The van der Waals surface area contributed by atoms with Crippen LogP contribution in [0.25, 0.3) is 0 Å². The molecule has 0 unspecified atom stereocenters. The molecule has 0 spiro atoms. The number of benzene rings is 4. The smallest absolute Gasteiger partial charge is 0.495 e. The first-order valence-corrected chi connectivity index (χ1v) is 15.8. The van der Waals surface area contributed by atoms with Gasteiger partial charge in [-0.2, -0.15) is 56.3 Å². The lowest BCUT2D eigenvalue weighted by Gasteiger charge is -2.09. The Kier molecular flexibility index (Phi) is 13.2. The van der Waals surface area contributed by atoms with Gasteiger partial charge >= 0.3 is 28.0 Å². The topological polar surface area (TPSA) is 135 Å². The Morgan fingerprint density at radius 3 is 1.37 bits per heavy atom. The minimum atomic E-state index is -5.84. The van der Waals surface area contributed by atoms with Crippen LogP contribution >= 0.6 is 0 Å². The van der Waals surface area contributed by atoms with Crippen molar-refractivity contribution in [3.8, 4) is 5.75 Å². The van der Waals surface area contributed by atoms with Gasteiger partial charge in [0.15, 0.2) is 5.78 Å². The Labute approximate surface area is 273 Å². The molecule has 0 saturated heterocycles. The van der Waals surface area contributed by atoms with Crippen LogP contribution in [0.5, 0.6) is 5.75 Å². The second-order valence-electron chi connectivity index (χ2n) is 9.52. The van der Waals surface area contributed by atoms with E-state index in [1.54, 1.807) is 30.3 Å². The first-order chi connectivity index (χ1) is 22.3. The van der Waals surface area contributed by atoms with Gasteiger partial charge in [0, 0.05) is 11.1 Å². The van der Waals surface area contributed by atoms with E-state index >= 15 is 0 Å². The van der Waals surface area contributed by atoms with E-state index in [1.165, 1.54) is 43.5 Å². The van der Waals surface area contributed by atoms with Gasteiger partial charge in [-0.1, -0.05) is 54.6 Å². The molecule has 0 aromatic heterocycles. The summed E-state index contributed by atoms with van der Waals surface area (Å²) < 4.78 is 169. The number of carbonyl (C=O) groups excluding carboxylic acids is 1. The molecule has 0 aliphatic carbocycles. The van der Waals surface area contributed by atoms with Gasteiger partial charge in [-0.05, 0) is 60.0 Å². The van der Waals surface area contributed by atoms with E-state index in [2.05, 4.69) is 0 Å². The normalized spacial score (nSPS) is 12.2. The zero-order valence-electron chi connectivity index (χ0n) is 24.5. The van der Waals surface area contributed by atoms with Gasteiger partial charge in [0.2, 0.25) is 0 Å². The first-order valence-electron chi connectivity index (χ1n) is 13.0. The third-order valence-electron chi connectivity index (χ3n) is 6.00. The number of methoxy groups -OCH3 is 1. The maximum Gasteiger partial charge on any atom is 0.522 e. The van der Waals surface area contributed by atoms with E-state index in [0.29, 0.717) is 16.7 Å². The van der Waals surface area contributed by atoms with Crippen LogP contribution in [0.4, 0.5) is 39.5 Å². The third kappa shape index (κ3) is 12.5. The summed E-state index contributed by atoms with van der Waals surface area (Å²) >= 11 is 0. The predicted octanol–water partition coefficient (Wildman–Crippen LogP) is 7.88. The number of ketones is 1. The van der Waals surface area contributed by atoms with E-state index in [0.717, 1.165) is 30.3 Å². The molecule has 0 aliphatic heterocycles. The largest absolute Gasteiger partial charge is 0.522 e. The van der Waals surface area contributed by atoms with Crippen LogP contribution in [0.1, 0.15) is 38.2 Å². The molecule has 4 aromatic rings. The molecule has 0 radical (unpaired) electrons. The molecular weight excluding hydrogens is 723 g/mol. The van der Waals surface area contributed by atoms with Gasteiger partial charge in [-0.25, -0.2) is 0 Å². The summed E-state index contributed by atoms with van der Waals surface area (Å²) in [6, 6.07) is 21.4. The predicted molar refractivity (Wildman–Crippen MR) is 156 cm³/mol. The highest BCUT2D eigenvalue weighted by atomic mass is 32.2. The van der Waals surface area contributed by atoms with Crippen LogP contribution in [0.3, 0.4) is 0 Å². The number of ether oxygens (including phenoxy) is 1. The van der Waals surface area contributed by atoms with Crippen LogP contribution in [0.2, 0.25) is 0 Å². The average molecular weight is 747 g/mol. The van der Waals surface area contributed by atoms with Crippen LogP contribution in [-0.2, 0) is 39.0 Å². The Hall–Kier alpha value is -4.46. The van der Waals surface area contributed by atoms with Gasteiger partial charge in [-0.15, -0.1) is 0 Å². The maximum atomic E-state index is 12.4. The lowest BCUT2D eigenvalue weighted by atomic mass is 10.0. The van der Waals surface area contributed by atoms with Crippen molar-refractivity contribution >= 4 is 26.0 Å². The molecule has 0 saturated carbocycles. The van der Waals surface area contributed by atoms with Crippen molar-refractivity contribution in [2.24, 2.45) is 0 Å². The SMILES string of the molecule is COc1ccc(C(=O)c2ccccc2)cc1S(=O)(=O)O.FC(F)(F)c1ccc(Cc2ccc(C(F)(F)F)cc2)cc1.O=S(=O)(O)C(F)(F)F. The second-order valence-corrected chi connectivity index (χ2v) is 12.3. The zero-order valence-corrected chi connectivity index (χ0v) is 26.1. The van der Waals surface area contributed by atoms with E-state index < -0.39 is 54.1 Å². The molecule has 2 N–H and O–H groups in total. The first kappa shape index (κ1) is 40.7. The van der Waals surface area contributed by atoms with Crippen molar-refractivity contribution < 1.29 is 75.0 Å². The standard InChI is InChI=1S/C15H10F6.C14H12O5S.CHF3O3S/c16-14(17,18)12-5-1-10(2-6-12)9-11-3-7-13(8-4-11)15(19,20)21;1-19-12-8-7-11(9-13(12)20(16,17)18)14(15)10-5-3-2-4-6-10;2-1(3,4)8(5,6)7/h1-8H,9H2;2-9H,1H3,(H,16,17,18);(H,5,6,7). The van der Waals surface area contributed by atoms with Crippen molar-refractivity contribution in [3.05, 3.63) is 130 Å². The summed E-state index contributed by atoms with van der Waals surface area (Å²) in [5.41, 5.74) is -5.25. The van der Waals surface area contributed by atoms with Crippen LogP contribution in [0.15, 0.2) is 102 Å². The van der Waals surface area contributed by atoms with Crippen LogP contribution in [-0.4, -0.2) is 44.3 Å². The number of hydrogen-bond acceptors (Lipinski definition) is 6. The highest BCUT2D eigenvalue weighted by Gasteiger charge is 2.44. The molecular formula is C30H23F9O8S2. The van der Waals surface area contributed by atoms with Crippen molar-refractivity contribution in [1.82, 2.24) is 0 Å². The lowest BCUT2D eigenvalue weighted by molar-refractivity contribution is -0.138. The number of hydrogen-bond donors (Lipinski definition) is 2. The van der Waals surface area contributed by atoms with E-state index in [4.69, 9.17) is 22.3 Å². The van der Waals surface area contributed by atoms with Crippen molar-refractivity contribution in [2.75, 3.05) is 7.11 Å². The summed E-state index contributed by atoms with van der Waals surface area (Å²) in [4.78, 5) is 11.8. The molecule has 0 fully saturated rings. The van der Waals surface area contributed by atoms with Crippen LogP contribution in [0, 0.1) is 0 Å². The maximum absolute atomic E-state index is 12.4. The average Bonchev–Trinajstić information content (AvgIpc) is 3.00. The van der Waals surface area contributed by atoms with Crippen LogP contribution < -0.4 is 4.74 Å².